The van der Waals surface area contributed by atoms with Crippen LogP contribution in [0.2, 0.25) is 0 Å². The lowest BCUT2D eigenvalue weighted by Crippen LogP contribution is -2.45. The average molecular weight is 319 g/mol. The third-order valence-electron chi connectivity index (χ3n) is 2.97. The zero-order chi connectivity index (χ0) is 13.3. The predicted octanol–water partition coefficient (Wildman–Crippen LogP) is 2.63. The van der Waals surface area contributed by atoms with Gasteiger partial charge in [0.15, 0.2) is 0 Å². The maximum absolute atomic E-state index is 13.1. The Morgan fingerprint density at radius 1 is 1.56 bits per heavy atom. The number of nitrogens with zero attached hydrogens (tertiary/aromatic N) is 1. The molecule has 2 rings (SSSR count). The van der Waals surface area contributed by atoms with Crippen molar-refractivity contribution in [3.8, 4) is 5.75 Å². The van der Waals surface area contributed by atoms with E-state index in [1.54, 1.807) is 0 Å². The van der Waals surface area contributed by atoms with Crippen LogP contribution in [0.15, 0.2) is 16.6 Å². The number of nitro groups is 1. The molecule has 1 aliphatic carbocycles. The average Bonchev–Trinajstić information content (AvgIpc) is 2.24. The smallest absolute Gasteiger partial charge is 0.315 e. The summed E-state index contributed by atoms with van der Waals surface area (Å²) >= 11 is 3.10. The summed E-state index contributed by atoms with van der Waals surface area (Å²) in [7, 11) is 1.86. The highest BCUT2D eigenvalue weighted by Crippen LogP contribution is 2.38. The van der Waals surface area contributed by atoms with E-state index in [-0.39, 0.29) is 22.0 Å². The van der Waals surface area contributed by atoms with E-state index in [4.69, 9.17) is 4.74 Å². The second-order valence-corrected chi connectivity index (χ2v) is 5.04. The van der Waals surface area contributed by atoms with E-state index in [9.17, 15) is 14.5 Å². The molecule has 1 saturated carbocycles. The zero-order valence-corrected chi connectivity index (χ0v) is 11.2. The van der Waals surface area contributed by atoms with E-state index >= 15 is 0 Å². The molecule has 0 radical (unpaired) electrons. The first kappa shape index (κ1) is 13.2. The molecule has 1 aromatic rings. The molecule has 7 heteroatoms. The predicted molar refractivity (Wildman–Crippen MR) is 67.3 cm³/mol. The summed E-state index contributed by atoms with van der Waals surface area (Å²) < 4.78 is 18.9. The fraction of sp³-hybridized carbons (Fsp3) is 0.455. The van der Waals surface area contributed by atoms with Crippen molar-refractivity contribution < 1.29 is 14.1 Å². The molecular formula is C11H12BrFN2O3. The number of rotatable bonds is 4. The Hall–Kier alpha value is -1.21. The van der Waals surface area contributed by atoms with Crippen LogP contribution in [0.25, 0.3) is 0 Å². The molecule has 1 fully saturated rings. The van der Waals surface area contributed by atoms with Gasteiger partial charge in [0.05, 0.1) is 15.5 Å². The molecule has 0 unspecified atom stereocenters. The normalized spacial score (nSPS) is 22.4. The monoisotopic (exact) mass is 318 g/mol. The van der Waals surface area contributed by atoms with Crippen LogP contribution >= 0.6 is 15.9 Å². The van der Waals surface area contributed by atoms with Crippen LogP contribution in [-0.4, -0.2) is 24.1 Å². The number of ether oxygens (including phenoxy) is 1. The molecule has 1 aromatic carbocycles. The molecule has 18 heavy (non-hydrogen) atoms. The fourth-order valence-corrected chi connectivity index (χ4v) is 2.38. The summed E-state index contributed by atoms with van der Waals surface area (Å²) in [5.74, 6) is -0.566. The SMILES string of the molecule is CNC1CC(Oc2c(Br)cc(F)cc2[N+](=O)[O-])C1. The summed E-state index contributed by atoms with van der Waals surface area (Å²) in [6.07, 6.45) is 1.51. The van der Waals surface area contributed by atoms with Gasteiger partial charge >= 0.3 is 5.69 Å². The van der Waals surface area contributed by atoms with Gasteiger partial charge in [0, 0.05) is 6.04 Å². The maximum Gasteiger partial charge on any atom is 0.315 e. The quantitative estimate of drug-likeness (QED) is 0.684. The van der Waals surface area contributed by atoms with Gasteiger partial charge in [-0.1, -0.05) is 0 Å². The number of hydrogen-bond acceptors (Lipinski definition) is 4. The summed E-state index contributed by atoms with van der Waals surface area (Å²) in [6, 6.07) is 2.42. The van der Waals surface area contributed by atoms with E-state index in [1.807, 2.05) is 7.05 Å². The van der Waals surface area contributed by atoms with Crippen molar-refractivity contribution in [1.82, 2.24) is 5.32 Å². The minimum atomic E-state index is -0.664. The molecule has 0 heterocycles. The number of hydrogen-bond donors (Lipinski definition) is 1. The zero-order valence-electron chi connectivity index (χ0n) is 9.65. The first-order valence-corrected chi connectivity index (χ1v) is 6.28. The molecule has 0 spiro atoms. The first-order valence-electron chi connectivity index (χ1n) is 5.48. The molecule has 0 aromatic heterocycles. The van der Waals surface area contributed by atoms with Crippen molar-refractivity contribution in [1.29, 1.82) is 0 Å². The summed E-state index contributed by atoms with van der Waals surface area (Å²) in [5.41, 5.74) is -0.352. The van der Waals surface area contributed by atoms with Crippen molar-refractivity contribution in [2.45, 2.75) is 25.0 Å². The summed E-state index contributed by atoms with van der Waals surface area (Å²) in [5, 5.41) is 14.0. The molecule has 0 aliphatic heterocycles. The number of halogens is 2. The minimum Gasteiger partial charge on any atom is -0.483 e. The van der Waals surface area contributed by atoms with E-state index in [1.165, 1.54) is 0 Å². The van der Waals surface area contributed by atoms with Gasteiger partial charge in [-0.15, -0.1) is 0 Å². The van der Waals surface area contributed by atoms with Gasteiger partial charge < -0.3 is 10.1 Å². The van der Waals surface area contributed by atoms with Crippen LogP contribution in [-0.2, 0) is 0 Å². The molecule has 1 N–H and O–H groups in total. The largest absolute Gasteiger partial charge is 0.483 e. The molecule has 98 valence electrons. The van der Waals surface area contributed by atoms with Crippen LogP contribution < -0.4 is 10.1 Å². The van der Waals surface area contributed by atoms with Crippen molar-refractivity contribution >= 4 is 21.6 Å². The number of benzene rings is 1. The lowest BCUT2D eigenvalue weighted by Gasteiger charge is -2.35. The van der Waals surface area contributed by atoms with Crippen molar-refractivity contribution in [3.63, 3.8) is 0 Å². The molecule has 5 nitrogen and oxygen atoms in total. The van der Waals surface area contributed by atoms with Gasteiger partial charge in [0.2, 0.25) is 5.75 Å². The third kappa shape index (κ3) is 2.62. The van der Waals surface area contributed by atoms with E-state index in [2.05, 4.69) is 21.2 Å². The van der Waals surface area contributed by atoms with Gasteiger partial charge in [-0.3, -0.25) is 10.1 Å². The summed E-state index contributed by atoms with van der Waals surface area (Å²) in [6.45, 7) is 0. The molecule has 0 amide bonds. The van der Waals surface area contributed by atoms with E-state index < -0.39 is 10.7 Å². The van der Waals surface area contributed by atoms with Crippen LogP contribution in [0.4, 0.5) is 10.1 Å². The minimum absolute atomic E-state index is 0.0667. The number of nitrogens with one attached hydrogen (secondary N) is 1. The number of nitro benzene ring substituents is 1. The standard InChI is InChI=1S/C11H12BrFN2O3/c1-14-7-4-8(5-7)18-11-9(12)2-6(13)3-10(11)15(16)17/h2-3,7-8,14H,4-5H2,1H3. The van der Waals surface area contributed by atoms with Gasteiger partial charge in [-0.05, 0) is 41.9 Å². The Morgan fingerprint density at radius 2 is 2.22 bits per heavy atom. The fourth-order valence-electron chi connectivity index (χ4n) is 1.86. The second kappa shape index (κ2) is 5.19. The van der Waals surface area contributed by atoms with Crippen LogP contribution in [0.1, 0.15) is 12.8 Å². The summed E-state index contributed by atoms with van der Waals surface area (Å²) in [4.78, 5) is 10.2. The molecule has 1 aliphatic rings. The topological polar surface area (TPSA) is 64.4 Å². The molecule has 0 bridgehead atoms. The van der Waals surface area contributed by atoms with Crippen molar-refractivity contribution in [3.05, 3.63) is 32.5 Å². The van der Waals surface area contributed by atoms with Gasteiger partial charge in [-0.2, -0.15) is 0 Å². The van der Waals surface area contributed by atoms with Crippen LogP contribution in [0.3, 0.4) is 0 Å². The van der Waals surface area contributed by atoms with Gasteiger partial charge in [-0.25, -0.2) is 4.39 Å². The Labute approximate surface area is 112 Å². The second-order valence-electron chi connectivity index (χ2n) is 4.19. The highest BCUT2D eigenvalue weighted by Gasteiger charge is 2.32. The van der Waals surface area contributed by atoms with Crippen molar-refractivity contribution in [2.24, 2.45) is 0 Å². The first-order chi connectivity index (χ1) is 8.51. The lowest BCUT2D eigenvalue weighted by atomic mass is 9.89. The molecule has 0 saturated heterocycles. The third-order valence-corrected chi connectivity index (χ3v) is 3.56. The molecular weight excluding hydrogens is 307 g/mol. The van der Waals surface area contributed by atoms with Crippen LogP contribution in [0, 0.1) is 15.9 Å². The van der Waals surface area contributed by atoms with Gasteiger partial charge in [0.25, 0.3) is 0 Å². The lowest BCUT2D eigenvalue weighted by molar-refractivity contribution is -0.386. The highest BCUT2D eigenvalue weighted by atomic mass is 79.9. The Morgan fingerprint density at radius 3 is 2.78 bits per heavy atom. The highest BCUT2D eigenvalue weighted by molar-refractivity contribution is 9.10. The van der Waals surface area contributed by atoms with Crippen molar-refractivity contribution in [2.75, 3.05) is 7.05 Å². The van der Waals surface area contributed by atoms with Crippen LogP contribution in [0.5, 0.6) is 5.75 Å². The van der Waals surface area contributed by atoms with Gasteiger partial charge in [0.1, 0.15) is 11.9 Å². The van der Waals surface area contributed by atoms with E-state index in [0.717, 1.165) is 25.0 Å². The molecule has 0 atom stereocenters. The van der Waals surface area contributed by atoms with E-state index in [0.29, 0.717) is 6.04 Å². The Kier molecular flexibility index (Phi) is 3.82. The Balaban J connectivity index is 2.19. The maximum atomic E-state index is 13.1. The Bertz CT molecular complexity index is 478.